The zero-order chi connectivity index (χ0) is 12.0. The molecular formula is C11H13BrO3S. The maximum Gasteiger partial charge on any atom is 0.335 e. The highest BCUT2D eigenvalue weighted by atomic mass is 79.9. The van der Waals surface area contributed by atoms with Crippen LogP contribution in [0.2, 0.25) is 0 Å². The van der Waals surface area contributed by atoms with Gasteiger partial charge in [0.25, 0.3) is 0 Å². The van der Waals surface area contributed by atoms with Gasteiger partial charge in [0.05, 0.1) is 16.6 Å². The quantitative estimate of drug-likeness (QED) is 0.819. The highest BCUT2D eigenvalue weighted by molar-refractivity contribution is 9.10. The van der Waals surface area contributed by atoms with Gasteiger partial charge in [-0.2, -0.15) is 11.8 Å². The highest BCUT2D eigenvalue weighted by Gasteiger charge is 2.07. The van der Waals surface area contributed by atoms with E-state index in [1.165, 1.54) is 6.07 Å². The molecular weight excluding hydrogens is 292 g/mol. The van der Waals surface area contributed by atoms with E-state index in [0.717, 1.165) is 11.5 Å². The van der Waals surface area contributed by atoms with Crippen LogP contribution in [0.25, 0.3) is 0 Å². The second-order valence-electron chi connectivity index (χ2n) is 3.00. The zero-order valence-electron chi connectivity index (χ0n) is 8.90. The third-order valence-electron chi connectivity index (χ3n) is 1.87. The lowest BCUT2D eigenvalue weighted by Crippen LogP contribution is -2.02. The van der Waals surface area contributed by atoms with Crippen LogP contribution < -0.4 is 4.74 Å². The van der Waals surface area contributed by atoms with Crippen LogP contribution in [0.1, 0.15) is 17.3 Å². The summed E-state index contributed by atoms with van der Waals surface area (Å²) in [4.78, 5) is 10.7. The fraction of sp³-hybridized carbons (Fsp3) is 0.364. The summed E-state index contributed by atoms with van der Waals surface area (Å²) in [5.41, 5.74) is 0.252. The molecule has 0 aliphatic heterocycles. The van der Waals surface area contributed by atoms with E-state index < -0.39 is 5.97 Å². The molecule has 88 valence electrons. The van der Waals surface area contributed by atoms with E-state index in [4.69, 9.17) is 9.84 Å². The molecule has 0 saturated carbocycles. The predicted molar refractivity (Wildman–Crippen MR) is 69.6 cm³/mol. The van der Waals surface area contributed by atoms with Gasteiger partial charge in [-0.15, -0.1) is 0 Å². The summed E-state index contributed by atoms with van der Waals surface area (Å²) >= 11 is 5.10. The average molecular weight is 305 g/mol. The normalized spacial score (nSPS) is 10.1. The van der Waals surface area contributed by atoms with Gasteiger partial charge in [-0.3, -0.25) is 0 Å². The monoisotopic (exact) mass is 304 g/mol. The van der Waals surface area contributed by atoms with Crippen molar-refractivity contribution in [3.8, 4) is 5.75 Å². The molecule has 0 saturated heterocycles. The Morgan fingerprint density at radius 3 is 2.88 bits per heavy atom. The van der Waals surface area contributed by atoms with Crippen molar-refractivity contribution in [1.29, 1.82) is 0 Å². The molecule has 0 unspecified atom stereocenters. The molecule has 1 N–H and O–H groups in total. The van der Waals surface area contributed by atoms with Crippen molar-refractivity contribution in [3.05, 3.63) is 28.2 Å². The molecule has 0 amide bonds. The molecule has 1 aromatic carbocycles. The van der Waals surface area contributed by atoms with Crippen molar-refractivity contribution in [3.63, 3.8) is 0 Å². The fourth-order valence-electron chi connectivity index (χ4n) is 1.11. The summed E-state index contributed by atoms with van der Waals surface area (Å²) in [6.45, 7) is 2.73. The number of carbonyl (C=O) groups is 1. The van der Waals surface area contributed by atoms with Crippen molar-refractivity contribution in [1.82, 2.24) is 0 Å². The summed E-state index contributed by atoms with van der Waals surface area (Å²) in [6, 6.07) is 4.75. The number of carboxylic acids is 1. The minimum Gasteiger partial charge on any atom is -0.492 e. The van der Waals surface area contributed by atoms with Gasteiger partial charge >= 0.3 is 5.97 Å². The van der Waals surface area contributed by atoms with Crippen LogP contribution in [0, 0.1) is 0 Å². The molecule has 16 heavy (non-hydrogen) atoms. The van der Waals surface area contributed by atoms with Crippen molar-refractivity contribution < 1.29 is 14.6 Å². The summed E-state index contributed by atoms with van der Waals surface area (Å²) in [5.74, 6) is 1.75. The van der Waals surface area contributed by atoms with Crippen LogP contribution in [0.15, 0.2) is 22.7 Å². The molecule has 0 aliphatic rings. The smallest absolute Gasteiger partial charge is 0.335 e. The summed E-state index contributed by atoms with van der Waals surface area (Å²) in [6.07, 6.45) is 0. The van der Waals surface area contributed by atoms with Gasteiger partial charge in [0.1, 0.15) is 5.75 Å². The van der Waals surface area contributed by atoms with E-state index in [2.05, 4.69) is 22.9 Å². The first-order chi connectivity index (χ1) is 7.65. The van der Waals surface area contributed by atoms with Gasteiger partial charge in [0.2, 0.25) is 0 Å². The Balaban J connectivity index is 2.57. The molecule has 0 aromatic heterocycles. The topological polar surface area (TPSA) is 46.5 Å². The minimum absolute atomic E-state index is 0.252. The molecule has 0 aliphatic carbocycles. The second-order valence-corrected chi connectivity index (χ2v) is 5.24. The van der Waals surface area contributed by atoms with E-state index in [1.807, 2.05) is 0 Å². The number of aromatic carboxylic acids is 1. The van der Waals surface area contributed by atoms with Gasteiger partial charge in [0.15, 0.2) is 0 Å². The molecule has 0 atom stereocenters. The SMILES string of the molecule is CCSCCOc1ccc(C(=O)O)cc1Br. The van der Waals surface area contributed by atoms with Crippen LogP contribution >= 0.6 is 27.7 Å². The number of thioether (sulfide) groups is 1. The third kappa shape index (κ3) is 4.06. The Bertz CT molecular complexity index is 368. The molecule has 0 radical (unpaired) electrons. The number of carboxylic acid groups (broad SMARTS) is 1. The maximum atomic E-state index is 10.7. The summed E-state index contributed by atoms with van der Waals surface area (Å²) in [7, 11) is 0. The van der Waals surface area contributed by atoms with E-state index in [-0.39, 0.29) is 5.56 Å². The molecule has 5 heteroatoms. The van der Waals surface area contributed by atoms with Crippen molar-refractivity contribution >= 4 is 33.7 Å². The van der Waals surface area contributed by atoms with E-state index in [1.54, 1.807) is 23.9 Å². The van der Waals surface area contributed by atoms with E-state index in [0.29, 0.717) is 16.8 Å². The molecule has 0 spiro atoms. The number of hydrogen-bond donors (Lipinski definition) is 1. The summed E-state index contributed by atoms with van der Waals surface area (Å²) in [5, 5.41) is 8.78. The number of ether oxygens (including phenoxy) is 1. The van der Waals surface area contributed by atoms with Crippen LogP contribution in [-0.4, -0.2) is 29.2 Å². The van der Waals surface area contributed by atoms with Gasteiger partial charge in [0, 0.05) is 5.75 Å². The number of benzene rings is 1. The molecule has 0 heterocycles. The number of halogens is 1. The Labute approximate surface area is 107 Å². The van der Waals surface area contributed by atoms with Crippen molar-refractivity contribution in [2.45, 2.75) is 6.92 Å². The fourth-order valence-corrected chi connectivity index (χ4v) is 2.09. The minimum atomic E-state index is -0.936. The lowest BCUT2D eigenvalue weighted by molar-refractivity contribution is 0.0697. The average Bonchev–Trinajstić information content (AvgIpc) is 2.26. The van der Waals surface area contributed by atoms with Crippen molar-refractivity contribution in [2.75, 3.05) is 18.1 Å². The lowest BCUT2D eigenvalue weighted by atomic mass is 10.2. The second kappa shape index (κ2) is 6.81. The Morgan fingerprint density at radius 1 is 1.56 bits per heavy atom. The Morgan fingerprint density at radius 2 is 2.31 bits per heavy atom. The van der Waals surface area contributed by atoms with Gasteiger partial charge < -0.3 is 9.84 Å². The van der Waals surface area contributed by atoms with Crippen LogP contribution in [0.4, 0.5) is 0 Å². The van der Waals surface area contributed by atoms with Gasteiger partial charge in [-0.1, -0.05) is 6.92 Å². The first-order valence-corrected chi connectivity index (χ1v) is 6.83. The van der Waals surface area contributed by atoms with E-state index in [9.17, 15) is 4.79 Å². The predicted octanol–water partition coefficient (Wildman–Crippen LogP) is 3.28. The van der Waals surface area contributed by atoms with Crippen LogP contribution in [0.5, 0.6) is 5.75 Å². The van der Waals surface area contributed by atoms with Crippen molar-refractivity contribution in [2.24, 2.45) is 0 Å². The van der Waals surface area contributed by atoms with Gasteiger partial charge in [-0.05, 0) is 39.9 Å². The third-order valence-corrected chi connectivity index (χ3v) is 3.35. The maximum absolute atomic E-state index is 10.7. The molecule has 3 nitrogen and oxygen atoms in total. The van der Waals surface area contributed by atoms with Crippen LogP contribution in [0.3, 0.4) is 0 Å². The van der Waals surface area contributed by atoms with Crippen LogP contribution in [-0.2, 0) is 0 Å². The Hall–Kier alpha value is -0.680. The number of hydrogen-bond acceptors (Lipinski definition) is 3. The van der Waals surface area contributed by atoms with E-state index >= 15 is 0 Å². The number of rotatable bonds is 6. The first kappa shape index (κ1) is 13.4. The Kier molecular flexibility index (Phi) is 5.69. The molecule has 0 fully saturated rings. The first-order valence-electron chi connectivity index (χ1n) is 4.88. The largest absolute Gasteiger partial charge is 0.492 e. The molecule has 1 aromatic rings. The summed E-state index contributed by atoms with van der Waals surface area (Å²) < 4.78 is 6.19. The zero-order valence-corrected chi connectivity index (χ0v) is 11.3. The highest BCUT2D eigenvalue weighted by Crippen LogP contribution is 2.26. The lowest BCUT2D eigenvalue weighted by Gasteiger charge is -2.08. The van der Waals surface area contributed by atoms with Gasteiger partial charge in [-0.25, -0.2) is 4.79 Å². The standard InChI is InChI=1S/C11H13BrO3S/c1-2-16-6-5-15-10-4-3-8(11(13)14)7-9(10)12/h3-4,7H,2,5-6H2,1H3,(H,13,14). The molecule has 0 bridgehead atoms. The molecule has 1 rings (SSSR count).